The number of benzene rings is 1. The van der Waals surface area contributed by atoms with Crippen molar-refractivity contribution < 1.29 is 9.59 Å². The minimum Gasteiger partial charge on any atom is -0.354 e. The topological polar surface area (TPSA) is 52.7 Å². The standard InChI is InChI=1S/C17H27N3O2/c1-14(2)20(13-15-8-6-5-7-9-15)17(22)12-16(21)18-10-11-19(3)4/h5-9,14H,10-13H2,1-4H3,(H,18,21). The number of nitrogens with one attached hydrogen (secondary N) is 1. The van der Waals surface area contributed by atoms with E-state index in [2.05, 4.69) is 5.32 Å². The van der Waals surface area contributed by atoms with Crippen molar-refractivity contribution in [2.24, 2.45) is 0 Å². The Labute approximate surface area is 133 Å². The molecule has 1 rings (SSSR count). The summed E-state index contributed by atoms with van der Waals surface area (Å²) in [5.74, 6) is -0.355. The quantitative estimate of drug-likeness (QED) is 0.740. The third-order valence-corrected chi connectivity index (χ3v) is 3.33. The molecule has 5 nitrogen and oxygen atoms in total. The second-order valence-corrected chi connectivity index (χ2v) is 5.93. The van der Waals surface area contributed by atoms with E-state index >= 15 is 0 Å². The van der Waals surface area contributed by atoms with E-state index in [0.29, 0.717) is 13.1 Å². The van der Waals surface area contributed by atoms with Gasteiger partial charge in [0.05, 0.1) is 0 Å². The summed E-state index contributed by atoms with van der Waals surface area (Å²) >= 11 is 0. The fraction of sp³-hybridized carbons (Fsp3) is 0.529. The predicted molar refractivity (Wildman–Crippen MR) is 88.3 cm³/mol. The summed E-state index contributed by atoms with van der Waals surface area (Å²) in [6.45, 7) is 5.77. The van der Waals surface area contributed by atoms with Gasteiger partial charge < -0.3 is 15.1 Å². The molecule has 0 unspecified atom stereocenters. The number of nitrogens with zero attached hydrogens (tertiary/aromatic N) is 2. The van der Waals surface area contributed by atoms with Gasteiger partial charge in [0.1, 0.15) is 6.42 Å². The molecule has 0 saturated carbocycles. The van der Waals surface area contributed by atoms with E-state index in [-0.39, 0.29) is 24.3 Å². The minimum atomic E-state index is -0.217. The molecule has 1 aromatic rings. The van der Waals surface area contributed by atoms with Crippen LogP contribution in [0, 0.1) is 0 Å². The SMILES string of the molecule is CC(C)N(Cc1ccccc1)C(=O)CC(=O)NCCN(C)C. The Balaban J connectivity index is 2.53. The highest BCUT2D eigenvalue weighted by atomic mass is 16.2. The lowest BCUT2D eigenvalue weighted by Gasteiger charge is -2.27. The van der Waals surface area contributed by atoms with Gasteiger partial charge in [0.25, 0.3) is 0 Å². The molecule has 0 bridgehead atoms. The van der Waals surface area contributed by atoms with Gasteiger partial charge in [-0.05, 0) is 33.5 Å². The lowest BCUT2D eigenvalue weighted by Crippen LogP contribution is -2.40. The van der Waals surface area contributed by atoms with Crippen molar-refractivity contribution in [1.29, 1.82) is 0 Å². The molecule has 0 aliphatic rings. The Morgan fingerprint density at radius 1 is 1.14 bits per heavy atom. The molecule has 0 heterocycles. The molecule has 22 heavy (non-hydrogen) atoms. The first-order valence-corrected chi connectivity index (χ1v) is 7.65. The summed E-state index contributed by atoms with van der Waals surface area (Å²) < 4.78 is 0. The van der Waals surface area contributed by atoms with E-state index in [4.69, 9.17) is 0 Å². The Bertz CT molecular complexity index is 472. The molecule has 0 aliphatic heterocycles. The molecule has 0 aromatic heterocycles. The van der Waals surface area contributed by atoms with Crippen LogP contribution in [0.3, 0.4) is 0 Å². The molecule has 0 spiro atoms. The lowest BCUT2D eigenvalue weighted by molar-refractivity contribution is -0.137. The van der Waals surface area contributed by atoms with Gasteiger partial charge in [0.2, 0.25) is 11.8 Å². The predicted octanol–water partition coefficient (Wildman–Crippen LogP) is 1.49. The van der Waals surface area contributed by atoms with Crippen molar-refractivity contribution >= 4 is 11.8 Å². The fourth-order valence-electron chi connectivity index (χ4n) is 2.06. The van der Waals surface area contributed by atoms with Crippen LogP contribution in [-0.4, -0.2) is 54.8 Å². The van der Waals surface area contributed by atoms with Crippen LogP contribution in [0.1, 0.15) is 25.8 Å². The average Bonchev–Trinajstić information content (AvgIpc) is 2.44. The second-order valence-electron chi connectivity index (χ2n) is 5.93. The number of carbonyl (C=O) groups excluding carboxylic acids is 2. The molecule has 5 heteroatoms. The third-order valence-electron chi connectivity index (χ3n) is 3.33. The summed E-state index contributed by atoms with van der Waals surface area (Å²) in [6.07, 6.45) is -0.0988. The van der Waals surface area contributed by atoms with Crippen LogP contribution in [0.5, 0.6) is 0 Å². The third kappa shape index (κ3) is 6.72. The van der Waals surface area contributed by atoms with Gasteiger partial charge in [-0.2, -0.15) is 0 Å². The van der Waals surface area contributed by atoms with Crippen LogP contribution in [0.4, 0.5) is 0 Å². The first kappa shape index (κ1) is 18.2. The van der Waals surface area contributed by atoms with Crippen LogP contribution in [0.2, 0.25) is 0 Å². The number of likely N-dealkylation sites (N-methyl/N-ethyl adjacent to an activating group) is 1. The van der Waals surface area contributed by atoms with Gasteiger partial charge >= 0.3 is 0 Å². The highest BCUT2D eigenvalue weighted by molar-refractivity contribution is 5.96. The van der Waals surface area contributed by atoms with Crippen LogP contribution >= 0.6 is 0 Å². The van der Waals surface area contributed by atoms with Crippen LogP contribution < -0.4 is 5.32 Å². The van der Waals surface area contributed by atoms with Crippen molar-refractivity contribution in [3.05, 3.63) is 35.9 Å². The Morgan fingerprint density at radius 2 is 1.77 bits per heavy atom. The van der Waals surface area contributed by atoms with E-state index in [9.17, 15) is 9.59 Å². The summed E-state index contributed by atoms with van der Waals surface area (Å²) in [7, 11) is 3.88. The van der Waals surface area contributed by atoms with Gasteiger partial charge in [-0.15, -0.1) is 0 Å². The van der Waals surface area contributed by atoms with Crippen molar-refractivity contribution in [3.8, 4) is 0 Å². The number of hydrogen-bond acceptors (Lipinski definition) is 3. The first-order chi connectivity index (χ1) is 10.4. The Hall–Kier alpha value is -1.88. The van der Waals surface area contributed by atoms with Crippen molar-refractivity contribution in [1.82, 2.24) is 15.1 Å². The minimum absolute atomic E-state index is 0.0577. The van der Waals surface area contributed by atoms with Crippen LogP contribution in [0.15, 0.2) is 30.3 Å². The molecular formula is C17H27N3O2. The lowest BCUT2D eigenvalue weighted by atomic mass is 10.1. The van der Waals surface area contributed by atoms with Crippen LogP contribution in [0.25, 0.3) is 0 Å². The Morgan fingerprint density at radius 3 is 2.32 bits per heavy atom. The number of carbonyl (C=O) groups is 2. The molecule has 0 saturated heterocycles. The molecule has 1 N–H and O–H groups in total. The molecule has 0 fully saturated rings. The monoisotopic (exact) mass is 305 g/mol. The number of rotatable bonds is 8. The highest BCUT2D eigenvalue weighted by Gasteiger charge is 2.20. The van der Waals surface area contributed by atoms with E-state index in [1.165, 1.54) is 0 Å². The molecule has 2 amide bonds. The Kier molecular flexibility index (Phi) is 7.60. The second kappa shape index (κ2) is 9.20. The summed E-state index contributed by atoms with van der Waals surface area (Å²) in [5, 5.41) is 2.77. The average molecular weight is 305 g/mol. The molecule has 0 radical (unpaired) electrons. The van der Waals surface area contributed by atoms with Crippen molar-refractivity contribution in [2.75, 3.05) is 27.2 Å². The van der Waals surface area contributed by atoms with Crippen molar-refractivity contribution in [3.63, 3.8) is 0 Å². The van der Waals surface area contributed by atoms with Gasteiger partial charge in [0.15, 0.2) is 0 Å². The largest absolute Gasteiger partial charge is 0.354 e. The molecule has 1 aromatic carbocycles. The fourth-order valence-corrected chi connectivity index (χ4v) is 2.06. The normalized spacial score (nSPS) is 10.8. The van der Waals surface area contributed by atoms with Crippen molar-refractivity contribution in [2.45, 2.75) is 32.9 Å². The van der Waals surface area contributed by atoms with E-state index in [0.717, 1.165) is 12.1 Å². The molecule has 0 atom stereocenters. The van der Waals surface area contributed by atoms with Crippen LogP contribution in [-0.2, 0) is 16.1 Å². The number of amides is 2. The number of hydrogen-bond donors (Lipinski definition) is 1. The molecule has 122 valence electrons. The molecule has 0 aliphatic carbocycles. The highest BCUT2D eigenvalue weighted by Crippen LogP contribution is 2.09. The maximum atomic E-state index is 12.4. The van der Waals surface area contributed by atoms with Gasteiger partial charge in [0, 0.05) is 25.7 Å². The maximum absolute atomic E-state index is 12.4. The zero-order valence-corrected chi connectivity index (χ0v) is 14.0. The summed E-state index contributed by atoms with van der Waals surface area (Å²) in [4.78, 5) is 27.9. The van der Waals surface area contributed by atoms with Gasteiger partial charge in [-0.1, -0.05) is 30.3 Å². The van der Waals surface area contributed by atoms with Gasteiger partial charge in [-0.25, -0.2) is 0 Å². The summed E-state index contributed by atoms with van der Waals surface area (Å²) in [6, 6.07) is 9.88. The smallest absolute Gasteiger partial charge is 0.232 e. The van der Waals surface area contributed by atoms with E-state index < -0.39 is 0 Å². The first-order valence-electron chi connectivity index (χ1n) is 7.65. The summed E-state index contributed by atoms with van der Waals surface area (Å²) in [5.41, 5.74) is 1.07. The zero-order valence-electron chi connectivity index (χ0n) is 14.0. The van der Waals surface area contributed by atoms with E-state index in [1.807, 2.05) is 63.2 Å². The zero-order chi connectivity index (χ0) is 16.5. The molecular weight excluding hydrogens is 278 g/mol. The maximum Gasteiger partial charge on any atom is 0.232 e. The van der Waals surface area contributed by atoms with E-state index in [1.54, 1.807) is 4.90 Å². The van der Waals surface area contributed by atoms with Gasteiger partial charge in [-0.3, -0.25) is 9.59 Å².